The molecule has 0 spiro atoms. The number of likely N-dealkylation sites (tertiary alicyclic amines) is 1. The number of benzene rings is 2. The molecule has 1 aliphatic rings. The molecule has 1 aromatic heterocycles. The zero-order valence-corrected chi connectivity index (χ0v) is 22.5. The molecule has 186 valence electrons. The first kappa shape index (κ1) is 25.5. The van der Waals surface area contributed by atoms with Crippen LogP contribution in [-0.4, -0.2) is 49.0 Å². The quantitative estimate of drug-likeness (QED) is 0.349. The number of ether oxygens (including phenoxy) is 1. The summed E-state index contributed by atoms with van der Waals surface area (Å²) in [7, 11) is 1.71. The molecule has 0 radical (unpaired) electrons. The van der Waals surface area contributed by atoms with Crippen molar-refractivity contribution >= 4 is 17.2 Å². The van der Waals surface area contributed by atoms with Gasteiger partial charge in [-0.1, -0.05) is 43.7 Å². The Hall–Kier alpha value is -2.63. The number of carbonyl (C=O) groups excluding carboxylic acids is 1. The number of methoxy groups -OCH3 is 1. The number of hydrogen-bond donors (Lipinski definition) is 0. The third kappa shape index (κ3) is 6.53. The van der Waals surface area contributed by atoms with Crippen LogP contribution in [0.4, 0.5) is 0 Å². The zero-order chi connectivity index (χ0) is 24.9. The van der Waals surface area contributed by atoms with Crippen LogP contribution in [0.1, 0.15) is 51.0 Å². The summed E-state index contributed by atoms with van der Waals surface area (Å²) in [6.07, 6.45) is 0. The van der Waals surface area contributed by atoms with Crippen molar-refractivity contribution in [1.82, 2.24) is 9.80 Å². The Balaban J connectivity index is 1.58. The van der Waals surface area contributed by atoms with Gasteiger partial charge >= 0.3 is 0 Å². The first-order valence-corrected chi connectivity index (χ1v) is 13.4. The average Bonchev–Trinajstić information content (AvgIpc) is 3.44. The van der Waals surface area contributed by atoms with Crippen molar-refractivity contribution in [2.24, 2.45) is 11.8 Å². The maximum atomic E-state index is 13.6. The molecule has 0 saturated carbocycles. The highest BCUT2D eigenvalue weighted by Gasteiger charge is 2.36. The van der Waals surface area contributed by atoms with E-state index in [-0.39, 0.29) is 5.91 Å². The van der Waals surface area contributed by atoms with Crippen LogP contribution in [0.2, 0.25) is 0 Å². The van der Waals surface area contributed by atoms with Gasteiger partial charge in [-0.3, -0.25) is 9.69 Å². The number of hydrogen-bond acceptors (Lipinski definition) is 4. The number of rotatable bonds is 9. The first-order valence-electron chi connectivity index (χ1n) is 12.6. The molecule has 5 heteroatoms. The molecular formula is C30H38N2O2S. The lowest BCUT2D eigenvalue weighted by molar-refractivity contribution is 0.0703. The van der Waals surface area contributed by atoms with Gasteiger partial charge < -0.3 is 9.64 Å². The highest BCUT2D eigenvalue weighted by atomic mass is 32.1. The van der Waals surface area contributed by atoms with Crippen LogP contribution in [0.3, 0.4) is 0 Å². The van der Waals surface area contributed by atoms with Gasteiger partial charge in [-0.15, -0.1) is 11.3 Å². The van der Waals surface area contributed by atoms with E-state index < -0.39 is 0 Å². The number of nitrogens with zero attached hydrogens (tertiary/aromatic N) is 2. The summed E-state index contributed by atoms with van der Waals surface area (Å²) in [4.78, 5) is 21.0. The highest BCUT2D eigenvalue weighted by molar-refractivity contribution is 7.11. The van der Waals surface area contributed by atoms with Gasteiger partial charge in [0.2, 0.25) is 0 Å². The fraction of sp³-hybridized carbons (Fsp3) is 0.433. The van der Waals surface area contributed by atoms with E-state index >= 15 is 0 Å². The minimum atomic E-state index is 0.138. The molecule has 0 bridgehead atoms. The summed E-state index contributed by atoms with van der Waals surface area (Å²) < 4.78 is 5.40. The van der Waals surface area contributed by atoms with Gasteiger partial charge in [0, 0.05) is 54.0 Å². The summed E-state index contributed by atoms with van der Waals surface area (Å²) >= 11 is 1.88. The average molecular weight is 491 g/mol. The van der Waals surface area contributed by atoms with Crippen molar-refractivity contribution in [1.29, 1.82) is 0 Å². The van der Waals surface area contributed by atoms with Crippen LogP contribution < -0.4 is 4.74 Å². The Morgan fingerprint density at radius 1 is 1.03 bits per heavy atom. The van der Waals surface area contributed by atoms with Crippen molar-refractivity contribution in [3.63, 3.8) is 0 Å². The number of aryl methyl sites for hydroxylation is 2. The monoisotopic (exact) mass is 490 g/mol. The van der Waals surface area contributed by atoms with Gasteiger partial charge in [0.25, 0.3) is 5.91 Å². The summed E-state index contributed by atoms with van der Waals surface area (Å²) in [6.45, 7) is 13.1. The molecule has 2 aromatic carbocycles. The molecule has 2 heterocycles. The SMILES string of the molecule is COc1ccc(C2CN(Cc3ccc(C)s3)CC2CN(CC(C)C)C(=O)c2ccc(C)cc2)cc1. The van der Waals surface area contributed by atoms with Crippen LogP contribution in [0.25, 0.3) is 0 Å². The molecule has 4 rings (SSSR count). The molecule has 35 heavy (non-hydrogen) atoms. The van der Waals surface area contributed by atoms with E-state index in [0.29, 0.717) is 17.8 Å². The lowest BCUT2D eigenvalue weighted by Gasteiger charge is -2.30. The van der Waals surface area contributed by atoms with Crippen molar-refractivity contribution < 1.29 is 9.53 Å². The van der Waals surface area contributed by atoms with Gasteiger partial charge in [-0.2, -0.15) is 0 Å². The predicted molar refractivity (Wildman–Crippen MR) is 145 cm³/mol. The summed E-state index contributed by atoms with van der Waals surface area (Å²) in [6, 6.07) is 21.0. The van der Waals surface area contributed by atoms with Crippen LogP contribution in [0.15, 0.2) is 60.7 Å². The van der Waals surface area contributed by atoms with Crippen LogP contribution in [0, 0.1) is 25.7 Å². The van der Waals surface area contributed by atoms with E-state index in [9.17, 15) is 4.79 Å². The van der Waals surface area contributed by atoms with Gasteiger partial charge in [0.1, 0.15) is 5.75 Å². The Bertz CT molecular complexity index is 1100. The van der Waals surface area contributed by atoms with E-state index in [1.165, 1.54) is 20.9 Å². The summed E-state index contributed by atoms with van der Waals surface area (Å²) in [5.74, 6) is 2.18. The molecule has 4 nitrogen and oxygen atoms in total. The second-order valence-corrected chi connectivity index (χ2v) is 11.7. The first-order chi connectivity index (χ1) is 16.8. The normalized spacial score (nSPS) is 18.2. The minimum Gasteiger partial charge on any atom is -0.497 e. The minimum absolute atomic E-state index is 0.138. The van der Waals surface area contributed by atoms with Gasteiger partial charge in [0.15, 0.2) is 0 Å². The van der Waals surface area contributed by atoms with Gasteiger partial charge in [-0.05, 0) is 67.6 Å². The standard InChI is InChI=1S/C30H38N2O2S/c1-21(2)16-32(30(33)25-9-6-22(3)7-10-25)18-26-17-31(19-28-15-8-23(4)35-28)20-29(26)24-11-13-27(34-5)14-12-24/h6-15,21,26,29H,16-20H2,1-5H3. The molecule has 0 N–H and O–H groups in total. The summed E-state index contributed by atoms with van der Waals surface area (Å²) in [5, 5.41) is 0. The number of carbonyl (C=O) groups is 1. The molecule has 2 atom stereocenters. The van der Waals surface area contributed by atoms with Crippen molar-refractivity contribution in [2.75, 3.05) is 33.3 Å². The second kappa shape index (κ2) is 11.4. The van der Waals surface area contributed by atoms with E-state index in [2.05, 4.69) is 73.9 Å². The fourth-order valence-corrected chi connectivity index (χ4v) is 6.07. The predicted octanol–water partition coefficient (Wildman–Crippen LogP) is 6.39. The van der Waals surface area contributed by atoms with E-state index in [1.54, 1.807) is 7.11 Å². The maximum absolute atomic E-state index is 13.6. The van der Waals surface area contributed by atoms with Crippen molar-refractivity contribution in [3.8, 4) is 5.75 Å². The van der Waals surface area contributed by atoms with Crippen LogP contribution in [0.5, 0.6) is 5.75 Å². The zero-order valence-electron chi connectivity index (χ0n) is 21.7. The molecule has 0 aliphatic carbocycles. The Kier molecular flexibility index (Phi) is 8.30. The Morgan fingerprint density at radius 2 is 1.74 bits per heavy atom. The Labute approximate surface area is 214 Å². The molecule has 3 aromatic rings. The molecule has 1 fully saturated rings. The van der Waals surface area contributed by atoms with Crippen molar-refractivity contribution in [3.05, 3.63) is 87.1 Å². The molecule has 1 amide bonds. The lowest BCUT2D eigenvalue weighted by Crippen LogP contribution is -2.39. The topological polar surface area (TPSA) is 32.8 Å². The number of amides is 1. The molecule has 2 unspecified atom stereocenters. The third-order valence-corrected chi connectivity index (χ3v) is 7.85. The molecular weight excluding hydrogens is 452 g/mol. The van der Waals surface area contributed by atoms with Crippen molar-refractivity contribution in [2.45, 2.75) is 40.2 Å². The lowest BCUT2D eigenvalue weighted by atomic mass is 9.88. The summed E-state index contributed by atoms with van der Waals surface area (Å²) in [5.41, 5.74) is 3.28. The highest BCUT2D eigenvalue weighted by Crippen LogP contribution is 2.36. The van der Waals surface area contributed by atoms with E-state index in [4.69, 9.17) is 4.74 Å². The molecule has 1 aliphatic heterocycles. The maximum Gasteiger partial charge on any atom is 0.253 e. The second-order valence-electron chi connectivity index (χ2n) is 10.3. The fourth-order valence-electron chi connectivity index (χ4n) is 5.14. The molecule has 1 saturated heterocycles. The largest absolute Gasteiger partial charge is 0.497 e. The van der Waals surface area contributed by atoms with E-state index in [1.807, 2.05) is 35.6 Å². The van der Waals surface area contributed by atoms with Crippen LogP contribution in [-0.2, 0) is 6.54 Å². The third-order valence-electron chi connectivity index (χ3n) is 6.86. The smallest absolute Gasteiger partial charge is 0.253 e. The van der Waals surface area contributed by atoms with Gasteiger partial charge in [-0.25, -0.2) is 0 Å². The number of thiophene rings is 1. The van der Waals surface area contributed by atoms with Gasteiger partial charge in [0.05, 0.1) is 7.11 Å². The Morgan fingerprint density at radius 3 is 2.34 bits per heavy atom. The van der Waals surface area contributed by atoms with E-state index in [0.717, 1.165) is 44.0 Å². The van der Waals surface area contributed by atoms with Crippen LogP contribution >= 0.6 is 11.3 Å².